The van der Waals surface area contributed by atoms with Gasteiger partial charge in [0.2, 0.25) is 0 Å². The first-order valence-electron chi connectivity index (χ1n) is 4.44. The summed E-state index contributed by atoms with van der Waals surface area (Å²) in [6, 6.07) is -0.00903. The Balaban J connectivity index is 2.09. The molecule has 0 aliphatic heterocycles. The van der Waals surface area contributed by atoms with Gasteiger partial charge in [0.1, 0.15) is 0 Å². The van der Waals surface area contributed by atoms with Crippen LogP contribution >= 0.6 is 23.1 Å². The average molecular weight is 241 g/mol. The topological polar surface area (TPSA) is 76.7 Å². The maximum Gasteiger partial charge on any atom is 0.0929 e. The molecule has 0 amide bonds. The molecule has 0 saturated carbocycles. The normalized spacial score (nSPS) is 12.9. The highest BCUT2D eigenvalue weighted by molar-refractivity contribution is 7.09. The molecule has 80 valence electrons. The van der Waals surface area contributed by atoms with Crippen LogP contribution in [0.2, 0.25) is 0 Å². The van der Waals surface area contributed by atoms with E-state index in [-0.39, 0.29) is 6.04 Å². The van der Waals surface area contributed by atoms with Crippen molar-refractivity contribution < 1.29 is 0 Å². The Labute approximate surface area is 95.7 Å². The van der Waals surface area contributed by atoms with Crippen LogP contribution in [0.25, 0.3) is 0 Å². The van der Waals surface area contributed by atoms with E-state index in [0.717, 1.165) is 22.8 Å². The number of hydrogen-bond donors (Lipinski definition) is 2. The summed E-state index contributed by atoms with van der Waals surface area (Å²) in [5.74, 6) is 5.48. The standard InChI is InChI=1S/C8H11N5S2/c1-5-11-6(4-14-5)2-7(12-9)8-3-10-15-13-8/h3-4,7,12H,2,9H2,1H3. The van der Waals surface area contributed by atoms with Gasteiger partial charge in [-0.25, -0.2) is 4.98 Å². The fourth-order valence-corrected chi connectivity index (χ4v) is 2.38. The van der Waals surface area contributed by atoms with E-state index < -0.39 is 0 Å². The Morgan fingerprint density at radius 3 is 3.00 bits per heavy atom. The molecule has 0 bridgehead atoms. The quantitative estimate of drug-likeness (QED) is 0.618. The first-order chi connectivity index (χ1) is 7.29. The number of thiazole rings is 1. The molecule has 0 spiro atoms. The lowest BCUT2D eigenvalue weighted by Crippen LogP contribution is -2.29. The highest BCUT2D eigenvalue weighted by Gasteiger charge is 2.14. The number of nitrogens with two attached hydrogens (primary N) is 1. The Kier molecular flexibility index (Phi) is 3.37. The molecule has 0 aliphatic carbocycles. The van der Waals surface area contributed by atoms with E-state index in [9.17, 15) is 0 Å². The molecule has 2 rings (SSSR count). The van der Waals surface area contributed by atoms with Crippen molar-refractivity contribution in [2.24, 2.45) is 5.84 Å². The summed E-state index contributed by atoms with van der Waals surface area (Å²) < 4.78 is 8.11. The van der Waals surface area contributed by atoms with E-state index >= 15 is 0 Å². The van der Waals surface area contributed by atoms with Gasteiger partial charge in [-0.3, -0.25) is 11.3 Å². The molecule has 7 heteroatoms. The fraction of sp³-hybridized carbons (Fsp3) is 0.375. The zero-order chi connectivity index (χ0) is 10.7. The van der Waals surface area contributed by atoms with Gasteiger partial charge >= 0.3 is 0 Å². The van der Waals surface area contributed by atoms with E-state index in [4.69, 9.17) is 5.84 Å². The molecular weight excluding hydrogens is 230 g/mol. The number of hydrogen-bond acceptors (Lipinski definition) is 7. The third kappa shape index (κ3) is 2.57. The summed E-state index contributed by atoms with van der Waals surface area (Å²) >= 11 is 2.83. The molecular formula is C8H11N5S2. The predicted octanol–water partition coefficient (Wildman–Crippen LogP) is 1.05. The zero-order valence-electron chi connectivity index (χ0n) is 8.17. The average Bonchev–Trinajstić information content (AvgIpc) is 2.85. The number of aromatic nitrogens is 3. The Bertz CT molecular complexity index is 410. The molecule has 0 aromatic carbocycles. The minimum absolute atomic E-state index is 0.00903. The number of aryl methyl sites for hydroxylation is 1. The Hall–Kier alpha value is -0.890. The van der Waals surface area contributed by atoms with Gasteiger partial charge < -0.3 is 0 Å². The lowest BCUT2D eigenvalue weighted by Gasteiger charge is -2.10. The first kappa shape index (κ1) is 10.6. The Morgan fingerprint density at radius 2 is 2.47 bits per heavy atom. The molecule has 1 unspecified atom stereocenters. The predicted molar refractivity (Wildman–Crippen MR) is 60.5 cm³/mol. The van der Waals surface area contributed by atoms with E-state index in [0.29, 0.717) is 0 Å². The fourth-order valence-electron chi connectivity index (χ4n) is 1.29. The van der Waals surface area contributed by atoms with Crippen molar-refractivity contribution in [3.8, 4) is 0 Å². The van der Waals surface area contributed by atoms with Gasteiger partial charge in [-0.05, 0) is 6.92 Å². The molecule has 0 aliphatic rings. The highest BCUT2D eigenvalue weighted by atomic mass is 32.1. The molecule has 2 aromatic rings. The third-order valence-corrected chi connectivity index (χ3v) is 3.33. The van der Waals surface area contributed by atoms with Crippen LogP contribution < -0.4 is 11.3 Å². The Morgan fingerprint density at radius 1 is 1.60 bits per heavy atom. The lowest BCUT2D eigenvalue weighted by atomic mass is 10.1. The van der Waals surface area contributed by atoms with Gasteiger partial charge in [-0.1, -0.05) is 0 Å². The molecule has 15 heavy (non-hydrogen) atoms. The second-order valence-corrected chi connectivity index (χ2v) is 4.73. The lowest BCUT2D eigenvalue weighted by molar-refractivity contribution is 0.537. The summed E-state index contributed by atoms with van der Waals surface area (Å²) in [5, 5.41) is 3.11. The molecule has 0 fully saturated rings. The molecule has 2 heterocycles. The van der Waals surface area contributed by atoms with Crippen LogP contribution in [0.4, 0.5) is 0 Å². The summed E-state index contributed by atoms with van der Waals surface area (Å²) in [6.45, 7) is 1.99. The van der Waals surface area contributed by atoms with E-state index in [1.165, 1.54) is 11.7 Å². The van der Waals surface area contributed by atoms with Gasteiger partial charge in [0, 0.05) is 11.8 Å². The van der Waals surface area contributed by atoms with Crippen LogP contribution in [-0.4, -0.2) is 13.7 Å². The monoisotopic (exact) mass is 241 g/mol. The SMILES string of the molecule is Cc1nc(CC(NN)c2cnsn2)cs1. The van der Waals surface area contributed by atoms with Crippen LogP contribution in [0, 0.1) is 6.92 Å². The van der Waals surface area contributed by atoms with Crippen molar-refractivity contribution in [2.45, 2.75) is 19.4 Å². The number of rotatable bonds is 4. The summed E-state index contributed by atoms with van der Waals surface area (Å²) in [4.78, 5) is 4.39. The molecule has 0 radical (unpaired) electrons. The van der Waals surface area contributed by atoms with Crippen molar-refractivity contribution in [2.75, 3.05) is 0 Å². The van der Waals surface area contributed by atoms with Crippen LogP contribution in [0.1, 0.15) is 22.4 Å². The van der Waals surface area contributed by atoms with Crippen molar-refractivity contribution in [3.05, 3.63) is 28.0 Å². The van der Waals surface area contributed by atoms with Crippen LogP contribution in [0.3, 0.4) is 0 Å². The van der Waals surface area contributed by atoms with Crippen molar-refractivity contribution in [3.63, 3.8) is 0 Å². The molecule has 0 saturated heterocycles. The van der Waals surface area contributed by atoms with E-state index in [1.807, 2.05) is 12.3 Å². The van der Waals surface area contributed by atoms with Gasteiger partial charge in [0.15, 0.2) is 0 Å². The van der Waals surface area contributed by atoms with Crippen LogP contribution in [0.15, 0.2) is 11.6 Å². The first-order valence-corrected chi connectivity index (χ1v) is 6.05. The highest BCUT2D eigenvalue weighted by Crippen LogP contribution is 2.17. The van der Waals surface area contributed by atoms with Gasteiger partial charge in [-0.2, -0.15) is 8.75 Å². The maximum atomic E-state index is 5.48. The number of nitrogens with one attached hydrogen (secondary N) is 1. The maximum absolute atomic E-state index is 5.48. The molecule has 3 N–H and O–H groups in total. The van der Waals surface area contributed by atoms with E-state index in [1.54, 1.807) is 17.5 Å². The largest absolute Gasteiger partial charge is 0.271 e. The minimum atomic E-state index is -0.00903. The smallest absolute Gasteiger partial charge is 0.0929 e. The van der Waals surface area contributed by atoms with Crippen molar-refractivity contribution >= 4 is 23.1 Å². The van der Waals surface area contributed by atoms with Crippen molar-refractivity contribution in [1.82, 2.24) is 19.2 Å². The molecule has 5 nitrogen and oxygen atoms in total. The molecule has 2 aromatic heterocycles. The van der Waals surface area contributed by atoms with Crippen LogP contribution in [-0.2, 0) is 6.42 Å². The second kappa shape index (κ2) is 4.75. The minimum Gasteiger partial charge on any atom is -0.271 e. The number of hydrazine groups is 1. The second-order valence-electron chi connectivity index (χ2n) is 3.11. The zero-order valence-corrected chi connectivity index (χ0v) is 9.81. The van der Waals surface area contributed by atoms with Gasteiger partial charge in [0.05, 0.1) is 40.4 Å². The van der Waals surface area contributed by atoms with Gasteiger partial charge in [0.25, 0.3) is 0 Å². The third-order valence-electron chi connectivity index (χ3n) is 2.02. The van der Waals surface area contributed by atoms with Crippen molar-refractivity contribution in [1.29, 1.82) is 0 Å². The molecule has 1 atom stereocenters. The van der Waals surface area contributed by atoms with Crippen LogP contribution in [0.5, 0.6) is 0 Å². The summed E-state index contributed by atoms with van der Waals surface area (Å²) in [7, 11) is 0. The summed E-state index contributed by atoms with van der Waals surface area (Å²) in [6.07, 6.45) is 2.47. The number of nitrogens with zero attached hydrogens (tertiary/aromatic N) is 3. The van der Waals surface area contributed by atoms with Gasteiger partial charge in [-0.15, -0.1) is 11.3 Å². The summed E-state index contributed by atoms with van der Waals surface area (Å²) in [5.41, 5.74) is 4.64. The van der Waals surface area contributed by atoms with E-state index in [2.05, 4.69) is 19.2 Å².